The average Bonchev–Trinajstić information content (AvgIpc) is 1.59. The molecular weight excluding hydrogens is 235 g/mol. The Hall–Kier alpha value is 1.20. The van der Waals surface area contributed by atoms with Crippen LogP contribution in [0, 0.1) is 0 Å². The minimum Gasteiger partial charge on any atom is -0.306 e. The first-order valence-corrected chi connectivity index (χ1v) is 9.08. The van der Waals surface area contributed by atoms with Gasteiger partial charge in [0.15, 0.2) is 11.1 Å². The molecule has 0 aromatic heterocycles. The number of rotatable bonds is 4. The van der Waals surface area contributed by atoms with Crippen LogP contribution in [0.4, 0.5) is 0 Å². The zero-order valence-electron chi connectivity index (χ0n) is 5.02. The molecule has 2 nitrogen and oxygen atoms in total. The minimum absolute atomic E-state index is 0.195. The van der Waals surface area contributed by atoms with E-state index in [-0.39, 0.29) is 5.75 Å². The molecule has 62 valence electrons. The topological polar surface area (TPSA) is 37.3 Å². The van der Waals surface area contributed by atoms with Crippen LogP contribution >= 0.6 is 33.2 Å². The van der Waals surface area contributed by atoms with Crippen LogP contribution in [0.1, 0.15) is 6.42 Å². The van der Waals surface area contributed by atoms with E-state index < -0.39 is 17.1 Å². The van der Waals surface area contributed by atoms with E-state index in [9.17, 15) is 4.21 Å². The Balaban J connectivity index is 3.29. The number of hydrogen-bond donors (Lipinski definition) is 1. The first kappa shape index (κ1) is 11.2. The summed E-state index contributed by atoms with van der Waals surface area (Å²) in [6.45, 7) is 0. The third-order valence-corrected chi connectivity index (χ3v) is 4.04. The summed E-state index contributed by atoms with van der Waals surface area (Å²) in [5, 5.41) is 0. The van der Waals surface area contributed by atoms with Gasteiger partial charge in [-0.25, -0.2) is 4.21 Å². The molecule has 0 aromatic carbocycles. The van der Waals surface area contributed by atoms with Gasteiger partial charge in [-0.1, -0.05) is 0 Å². The maximum absolute atomic E-state index is 10.1. The van der Waals surface area contributed by atoms with Crippen molar-refractivity contribution in [3.63, 3.8) is 0 Å². The van der Waals surface area contributed by atoms with E-state index in [4.69, 9.17) is 37.8 Å². The molecule has 0 fully saturated rings. The first-order chi connectivity index (χ1) is 4.42. The molecular formula is C3H7Cl3O2SSi. The molecule has 0 aliphatic heterocycles. The molecule has 0 spiro atoms. The van der Waals surface area contributed by atoms with Gasteiger partial charge in [0.25, 0.3) is 0 Å². The Labute approximate surface area is 77.3 Å². The van der Waals surface area contributed by atoms with Crippen molar-refractivity contribution in [1.82, 2.24) is 0 Å². The highest BCUT2D eigenvalue weighted by Gasteiger charge is 2.23. The van der Waals surface area contributed by atoms with E-state index in [1.165, 1.54) is 0 Å². The summed E-state index contributed by atoms with van der Waals surface area (Å²) in [5.74, 6) is 0.195. The third kappa shape index (κ3) is 9.20. The lowest BCUT2D eigenvalue weighted by atomic mass is 10.6. The quantitative estimate of drug-likeness (QED) is 0.466. The van der Waals surface area contributed by atoms with E-state index in [1.807, 2.05) is 0 Å². The van der Waals surface area contributed by atoms with Gasteiger partial charge in [0.05, 0.1) is 0 Å². The van der Waals surface area contributed by atoms with Crippen LogP contribution in [0.3, 0.4) is 0 Å². The van der Waals surface area contributed by atoms with Gasteiger partial charge in [0.1, 0.15) is 0 Å². The Morgan fingerprint density at radius 1 is 1.40 bits per heavy atom. The lowest BCUT2D eigenvalue weighted by Gasteiger charge is -2.04. The Morgan fingerprint density at radius 3 is 2.20 bits per heavy atom. The van der Waals surface area contributed by atoms with Crippen LogP contribution in [-0.4, -0.2) is 20.5 Å². The van der Waals surface area contributed by atoms with Gasteiger partial charge < -0.3 is 4.55 Å². The van der Waals surface area contributed by atoms with Crippen LogP contribution in [0.2, 0.25) is 6.04 Å². The highest BCUT2D eigenvalue weighted by molar-refractivity contribution is 7.79. The summed E-state index contributed by atoms with van der Waals surface area (Å²) in [5.41, 5.74) is 0. The predicted octanol–water partition coefficient (Wildman–Crippen LogP) is 2.25. The molecule has 1 N–H and O–H groups in total. The molecule has 0 aromatic rings. The van der Waals surface area contributed by atoms with Gasteiger partial charge in [0, 0.05) is 5.75 Å². The Morgan fingerprint density at radius 2 is 1.90 bits per heavy atom. The third-order valence-electron chi connectivity index (χ3n) is 0.779. The van der Waals surface area contributed by atoms with Crippen LogP contribution in [0.15, 0.2) is 0 Å². The highest BCUT2D eigenvalue weighted by atomic mass is 35.8. The summed E-state index contributed by atoms with van der Waals surface area (Å²) in [4.78, 5) is 0. The molecule has 1 atom stereocenters. The van der Waals surface area contributed by atoms with E-state index in [0.29, 0.717) is 12.5 Å². The lowest BCUT2D eigenvalue weighted by Crippen LogP contribution is -2.10. The Bertz CT molecular complexity index is 125. The van der Waals surface area contributed by atoms with Gasteiger partial charge in [-0.05, 0) is 12.5 Å². The predicted molar refractivity (Wildman–Crippen MR) is 48.4 cm³/mol. The molecule has 0 radical (unpaired) electrons. The molecule has 0 rings (SSSR count). The van der Waals surface area contributed by atoms with Crippen LogP contribution in [0.25, 0.3) is 0 Å². The molecule has 0 bridgehead atoms. The second-order valence-corrected chi connectivity index (χ2v) is 12.1. The lowest BCUT2D eigenvalue weighted by molar-refractivity contribution is 0.563. The van der Waals surface area contributed by atoms with Crippen LogP contribution < -0.4 is 0 Å². The second-order valence-electron chi connectivity index (χ2n) is 1.74. The zero-order chi connectivity index (χ0) is 8.20. The molecule has 0 aliphatic rings. The molecule has 0 saturated carbocycles. The van der Waals surface area contributed by atoms with Gasteiger partial charge >= 0.3 is 6.00 Å². The fourth-order valence-corrected chi connectivity index (χ4v) is 2.82. The normalized spacial score (nSPS) is 15.2. The molecule has 10 heavy (non-hydrogen) atoms. The highest BCUT2D eigenvalue weighted by Crippen LogP contribution is 2.26. The van der Waals surface area contributed by atoms with Crippen molar-refractivity contribution in [2.45, 2.75) is 12.5 Å². The largest absolute Gasteiger partial charge is 0.341 e. The average molecular weight is 242 g/mol. The SMILES string of the molecule is O=S(O)CCC[Si](Cl)(Cl)Cl. The van der Waals surface area contributed by atoms with Crippen molar-refractivity contribution in [3.8, 4) is 0 Å². The van der Waals surface area contributed by atoms with Gasteiger partial charge in [0.2, 0.25) is 0 Å². The fraction of sp³-hybridized carbons (Fsp3) is 1.00. The summed E-state index contributed by atoms with van der Waals surface area (Å²) in [6.07, 6.45) is 0.506. The van der Waals surface area contributed by atoms with Gasteiger partial charge in [-0.15, -0.1) is 33.2 Å². The van der Waals surface area contributed by atoms with Crippen molar-refractivity contribution >= 4 is 50.3 Å². The number of halogens is 3. The smallest absolute Gasteiger partial charge is 0.306 e. The minimum atomic E-state index is -2.55. The van der Waals surface area contributed by atoms with Crippen molar-refractivity contribution in [1.29, 1.82) is 0 Å². The van der Waals surface area contributed by atoms with Crippen molar-refractivity contribution in [2.24, 2.45) is 0 Å². The zero-order valence-corrected chi connectivity index (χ0v) is 9.10. The summed E-state index contributed by atoms with van der Waals surface area (Å²) >= 11 is 14.8. The van der Waals surface area contributed by atoms with E-state index in [1.54, 1.807) is 0 Å². The van der Waals surface area contributed by atoms with Crippen LogP contribution in [0.5, 0.6) is 0 Å². The van der Waals surface area contributed by atoms with Gasteiger partial charge in [-0.2, -0.15) is 0 Å². The standard InChI is InChI=1S/C3H7Cl3O2SSi/c4-10(5,6)3-1-2-9(7)8/h1-3H2,(H,7,8). The van der Waals surface area contributed by atoms with Crippen molar-refractivity contribution in [2.75, 3.05) is 5.75 Å². The molecule has 0 aliphatic carbocycles. The molecule has 7 heteroatoms. The summed E-state index contributed by atoms with van der Waals surface area (Å²) in [6, 6.07) is -2.10. The van der Waals surface area contributed by atoms with Crippen LogP contribution in [-0.2, 0) is 11.1 Å². The Kier molecular flexibility index (Phi) is 5.55. The number of hydrogen-bond acceptors (Lipinski definition) is 1. The van der Waals surface area contributed by atoms with Crippen molar-refractivity contribution < 1.29 is 8.76 Å². The molecule has 0 heterocycles. The molecule has 1 unspecified atom stereocenters. The molecule has 0 saturated heterocycles. The summed E-state index contributed by atoms with van der Waals surface area (Å²) in [7, 11) is 0. The first-order valence-electron chi connectivity index (χ1n) is 2.56. The monoisotopic (exact) mass is 240 g/mol. The molecule has 0 amide bonds. The van der Waals surface area contributed by atoms with E-state index in [0.717, 1.165) is 0 Å². The second kappa shape index (κ2) is 4.95. The van der Waals surface area contributed by atoms with Crippen molar-refractivity contribution in [3.05, 3.63) is 0 Å². The van der Waals surface area contributed by atoms with E-state index in [2.05, 4.69) is 0 Å². The van der Waals surface area contributed by atoms with E-state index >= 15 is 0 Å². The maximum atomic E-state index is 10.1. The summed E-state index contributed by atoms with van der Waals surface area (Å²) < 4.78 is 18.4. The fourth-order valence-electron chi connectivity index (χ4n) is 0.396. The van der Waals surface area contributed by atoms with Gasteiger partial charge in [-0.3, -0.25) is 0 Å². The maximum Gasteiger partial charge on any atom is 0.341 e.